The van der Waals surface area contributed by atoms with Crippen molar-refractivity contribution in [3.05, 3.63) is 40.7 Å². The SMILES string of the molecule is COc1cc(C(=O)CC23CC(NC(=O)COc4ccc(Cl)c(F)c4)(C2)C3)c(OC)nn1. The highest BCUT2D eigenvalue weighted by Crippen LogP contribution is 2.69. The van der Waals surface area contributed by atoms with Gasteiger partial charge in [0.1, 0.15) is 11.6 Å². The number of hydrogen-bond acceptors (Lipinski definition) is 7. The first-order chi connectivity index (χ1) is 14.8. The van der Waals surface area contributed by atoms with Crippen molar-refractivity contribution in [3.63, 3.8) is 0 Å². The first-order valence-electron chi connectivity index (χ1n) is 9.65. The third-order valence-corrected chi connectivity index (χ3v) is 6.09. The fourth-order valence-electron chi connectivity index (χ4n) is 4.61. The number of ether oxygens (including phenoxy) is 3. The minimum atomic E-state index is -0.607. The maximum atomic E-state index is 13.4. The van der Waals surface area contributed by atoms with Gasteiger partial charge in [-0.3, -0.25) is 9.59 Å². The molecule has 2 aromatic rings. The van der Waals surface area contributed by atoms with E-state index in [2.05, 4.69) is 15.5 Å². The molecule has 164 valence electrons. The average Bonchev–Trinajstić information content (AvgIpc) is 2.71. The second-order valence-corrected chi connectivity index (χ2v) is 8.54. The first-order valence-corrected chi connectivity index (χ1v) is 10.0. The molecule has 10 heteroatoms. The van der Waals surface area contributed by atoms with Crippen LogP contribution < -0.4 is 19.5 Å². The van der Waals surface area contributed by atoms with Crippen molar-refractivity contribution < 1.29 is 28.2 Å². The molecule has 1 N–H and O–H groups in total. The Bertz CT molecular complexity index is 1030. The van der Waals surface area contributed by atoms with Crippen LogP contribution in [-0.2, 0) is 4.79 Å². The topological polar surface area (TPSA) is 99.6 Å². The van der Waals surface area contributed by atoms with Crippen molar-refractivity contribution in [2.45, 2.75) is 31.2 Å². The van der Waals surface area contributed by atoms with Crippen LogP contribution in [0.3, 0.4) is 0 Å². The van der Waals surface area contributed by atoms with Crippen molar-refractivity contribution in [3.8, 4) is 17.5 Å². The van der Waals surface area contributed by atoms with E-state index in [9.17, 15) is 14.0 Å². The number of halogens is 2. The van der Waals surface area contributed by atoms with Crippen LogP contribution in [0.4, 0.5) is 4.39 Å². The molecule has 1 amide bonds. The Morgan fingerprint density at radius 2 is 1.90 bits per heavy atom. The molecule has 0 atom stereocenters. The minimum Gasteiger partial charge on any atom is -0.484 e. The molecule has 1 aromatic heterocycles. The molecule has 0 saturated heterocycles. The number of rotatable bonds is 9. The highest BCUT2D eigenvalue weighted by atomic mass is 35.5. The Labute approximate surface area is 183 Å². The normalized spacial score (nSPS) is 23.2. The Hall–Kier alpha value is -2.94. The molecule has 3 aliphatic carbocycles. The number of nitrogens with zero attached hydrogens (tertiary/aromatic N) is 2. The fourth-order valence-corrected chi connectivity index (χ4v) is 4.73. The molecule has 3 fully saturated rings. The Morgan fingerprint density at radius 1 is 1.16 bits per heavy atom. The van der Waals surface area contributed by atoms with Gasteiger partial charge in [0.2, 0.25) is 11.8 Å². The molecule has 1 aromatic carbocycles. The van der Waals surface area contributed by atoms with Crippen LogP contribution in [0.1, 0.15) is 36.0 Å². The lowest BCUT2D eigenvalue weighted by molar-refractivity contribution is -0.164. The van der Waals surface area contributed by atoms with Crippen LogP contribution in [-0.4, -0.2) is 48.3 Å². The smallest absolute Gasteiger partial charge is 0.258 e. The summed E-state index contributed by atoms with van der Waals surface area (Å²) in [5, 5.41) is 10.6. The number of carbonyl (C=O) groups excluding carboxylic acids is 2. The van der Waals surface area contributed by atoms with Crippen LogP contribution in [0.15, 0.2) is 24.3 Å². The maximum absolute atomic E-state index is 13.4. The van der Waals surface area contributed by atoms with Gasteiger partial charge in [-0.1, -0.05) is 11.6 Å². The van der Waals surface area contributed by atoms with Gasteiger partial charge in [-0.15, -0.1) is 10.2 Å². The third-order valence-electron chi connectivity index (χ3n) is 5.78. The van der Waals surface area contributed by atoms with Gasteiger partial charge >= 0.3 is 0 Å². The number of ketones is 1. The number of Topliss-reactive ketones (excluding diaryl/α,β-unsaturated/α-hetero) is 1. The standard InChI is InChI=1S/C21H21ClFN3O5/c1-29-18-6-13(19(30-2)26-25-18)16(27)7-20-9-21(10-20,11-20)24-17(28)8-31-12-3-4-14(22)15(23)5-12/h3-6H,7-11H2,1-2H3,(H,24,28). The number of hydrogen-bond donors (Lipinski definition) is 1. The van der Waals surface area contributed by atoms with Crippen LogP contribution in [0, 0.1) is 11.2 Å². The molecule has 2 bridgehead atoms. The van der Waals surface area contributed by atoms with Crippen molar-refractivity contribution >= 4 is 23.3 Å². The number of methoxy groups -OCH3 is 2. The maximum Gasteiger partial charge on any atom is 0.258 e. The first kappa shape index (κ1) is 21.3. The second kappa shape index (κ2) is 7.96. The molecule has 3 aliphatic rings. The highest BCUT2D eigenvalue weighted by Gasteiger charge is 2.68. The number of aromatic nitrogens is 2. The van der Waals surface area contributed by atoms with Crippen molar-refractivity contribution in [2.24, 2.45) is 5.41 Å². The molecule has 0 spiro atoms. The summed E-state index contributed by atoms with van der Waals surface area (Å²) in [7, 11) is 2.88. The molecule has 31 heavy (non-hydrogen) atoms. The largest absolute Gasteiger partial charge is 0.484 e. The average molecular weight is 450 g/mol. The van der Waals surface area contributed by atoms with Crippen LogP contribution in [0.2, 0.25) is 5.02 Å². The molecule has 0 radical (unpaired) electrons. The van der Waals surface area contributed by atoms with E-state index < -0.39 is 5.82 Å². The number of benzene rings is 1. The predicted molar refractivity (Wildman–Crippen MR) is 108 cm³/mol. The van der Waals surface area contributed by atoms with E-state index >= 15 is 0 Å². The van der Waals surface area contributed by atoms with Gasteiger partial charge in [-0.25, -0.2) is 4.39 Å². The van der Waals surface area contributed by atoms with Gasteiger partial charge in [0, 0.05) is 24.1 Å². The summed E-state index contributed by atoms with van der Waals surface area (Å²) >= 11 is 5.63. The van der Waals surface area contributed by atoms with E-state index in [1.165, 1.54) is 32.4 Å². The summed E-state index contributed by atoms with van der Waals surface area (Å²) < 4.78 is 29.0. The van der Waals surface area contributed by atoms with Gasteiger partial charge in [0.05, 0.1) is 24.8 Å². The van der Waals surface area contributed by atoms with Crippen LogP contribution >= 0.6 is 11.6 Å². The Balaban J connectivity index is 1.28. The highest BCUT2D eigenvalue weighted by molar-refractivity contribution is 6.30. The van der Waals surface area contributed by atoms with Crippen LogP contribution in [0.5, 0.6) is 17.5 Å². The van der Waals surface area contributed by atoms with Gasteiger partial charge in [0.15, 0.2) is 12.4 Å². The molecule has 1 heterocycles. The van der Waals surface area contributed by atoms with Gasteiger partial charge < -0.3 is 19.5 Å². The van der Waals surface area contributed by atoms with Crippen molar-refractivity contribution in [1.82, 2.24) is 15.5 Å². The zero-order valence-electron chi connectivity index (χ0n) is 17.0. The lowest BCUT2D eigenvalue weighted by Gasteiger charge is -2.70. The predicted octanol–water partition coefficient (Wildman–Crippen LogP) is 2.98. The fraction of sp³-hybridized carbons (Fsp3) is 0.429. The lowest BCUT2D eigenvalue weighted by Crippen LogP contribution is -2.75. The van der Waals surface area contributed by atoms with E-state index in [0.717, 1.165) is 6.07 Å². The second-order valence-electron chi connectivity index (χ2n) is 8.13. The van der Waals surface area contributed by atoms with Crippen molar-refractivity contribution in [2.75, 3.05) is 20.8 Å². The summed E-state index contributed by atoms with van der Waals surface area (Å²) in [4.78, 5) is 25.0. The molecular weight excluding hydrogens is 429 g/mol. The molecular formula is C21H21ClFN3O5. The van der Waals surface area contributed by atoms with E-state index in [4.69, 9.17) is 25.8 Å². The summed E-state index contributed by atoms with van der Waals surface area (Å²) in [6.07, 6.45) is 2.47. The zero-order valence-corrected chi connectivity index (χ0v) is 17.8. The van der Waals surface area contributed by atoms with Crippen molar-refractivity contribution in [1.29, 1.82) is 0 Å². The summed E-state index contributed by atoms with van der Waals surface area (Å²) in [5.74, 6) is -0.365. The molecule has 0 aliphatic heterocycles. The summed E-state index contributed by atoms with van der Waals surface area (Å²) in [5.41, 5.74) is -0.100. The van der Waals surface area contributed by atoms with Gasteiger partial charge in [0.25, 0.3) is 5.91 Å². The number of nitrogens with one attached hydrogen (secondary N) is 1. The van der Waals surface area contributed by atoms with Crippen LogP contribution in [0.25, 0.3) is 0 Å². The molecule has 3 saturated carbocycles. The van der Waals surface area contributed by atoms with E-state index in [1.807, 2.05) is 0 Å². The minimum absolute atomic E-state index is 0.0101. The van der Waals surface area contributed by atoms with E-state index in [1.54, 1.807) is 0 Å². The summed E-state index contributed by atoms with van der Waals surface area (Å²) in [6.45, 7) is -0.228. The quantitative estimate of drug-likeness (QED) is 0.587. The number of amides is 1. The Morgan fingerprint density at radius 3 is 2.55 bits per heavy atom. The zero-order chi connectivity index (χ0) is 22.2. The summed E-state index contributed by atoms with van der Waals surface area (Å²) in [6, 6.07) is 5.52. The monoisotopic (exact) mass is 449 g/mol. The van der Waals surface area contributed by atoms with E-state index in [-0.39, 0.29) is 51.8 Å². The molecule has 5 rings (SSSR count). The van der Waals surface area contributed by atoms with E-state index in [0.29, 0.717) is 31.2 Å². The third kappa shape index (κ3) is 4.14. The lowest BCUT2D eigenvalue weighted by atomic mass is 9.38. The molecule has 8 nitrogen and oxygen atoms in total. The number of carbonyl (C=O) groups is 2. The van der Waals surface area contributed by atoms with Gasteiger partial charge in [-0.2, -0.15) is 0 Å². The van der Waals surface area contributed by atoms with Gasteiger partial charge in [-0.05, 0) is 36.8 Å². The molecule has 0 unspecified atom stereocenters. The Kier molecular flexibility index (Phi) is 5.47.